The molecule has 0 unspecified atom stereocenters. The first-order chi connectivity index (χ1) is 7.09. The fraction of sp³-hybridized carbons (Fsp3) is 0.455. The molecule has 1 aliphatic carbocycles. The van der Waals surface area contributed by atoms with Crippen molar-refractivity contribution in [2.24, 2.45) is 5.41 Å². The Morgan fingerprint density at radius 1 is 1.60 bits per heavy atom. The van der Waals surface area contributed by atoms with Crippen molar-refractivity contribution < 1.29 is 9.18 Å². The van der Waals surface area contributed by atoms with Crippen molar-refractivity contribution in [3.05, 3.63) is 29.8 Å². The number of carbonyl (C=O) groups is 1. The Bertz CT molecular complexity index is 371. The summed E-state index contributed by atoms with van der Waals surface area (Å²) in [5.74, 6) is -0.753. The van der Waals surface area contributed by atoms with Crippen LogP contribution in [0.15, 0.2) is 18.3 Å². The highest BCUT2D eigenvalue weighted by atomic mass is 19.1. The van der Waals surface area contributed by atoms with Gasteiger partial charge in [-0.2, -0.15) is 4.39 Å². The van der Waals surface area contributed by atoms with Crippen LogP contribution in [0.1, 0.15) is 30.1 Å². The summed E-state index contributed by atoms with van der Waals surface area (Å²) in [5, 5.41) is 2.82. The van der Waals surface area contributed by atoms with Gasteiger partial charge in [0.05, 0.1) is 5.56 Å². The van der Waals surface area contributed by atoms with Crippen molar-refractivity contribution in [1.29, 1.82) is 0 Å². The molecule has 1 saturated carbocycles. The van der Waals surface area contributed by atoms with E-state index in [1.165, 1.54) is 18.3 Å². The lowest BCUT2D eigenvalue weighted by Crippen LogP contribution is -2.29. The quantitative estimate of drug-likeness (QED) is 0.769. The van der Waals surface area contributed by atoms with Crippen LogP contribution in [0.25, 0.3) is 0 Å². The van der Waals surface area contributed by atoms with Gasteiger partial charge in [-0.05, 0) is 30.4 Å². The van der Waals surface area contributed by atoms with Gasteiger partial charge in [-0.1, -0.05) is 6.92 Å². The molecule has 0 radical (unpaired) electrons. The third-order valence-electron chi connectivity index (χ3n) is 2.77. The summed E-state index contributed by atoms with van der Waals surface area (Å²) in [5.41, 5.74) is 0.684. The Morgan fingerprint density at radius 3 is 2.87 bits per heavy atom. The lowest BCUT2D eigenvalue weighted by molar-refractivity contribution is 0.0945. The number of carbonyl (C=O) groups excluding carboxylic acids is 1. The molecule has 1 aromatic heterocycles. The monoisotopic (exact) mass is 208 g/mol. The minimum atomic E-state index is -0.569. The molecule has 1 amide bonds. The Kier molecular flexibility index (Phi) is 2.42. The molecule has 0 bridgehead atoms. The number of aromatic nitrogens is 1. The molecule has 15 heavy (non-hydrogen) atoms. The summed E-state index contributed by atoms with van der Waals surface area (Å²) in [7, 11) is 0. The van der Waals surface area contributed by atoms with E-state index in [0.29, 0.717) is 12.1 Å². The topological polar surface area (TPSA) is 42.0 Å². The Hall–Kier alpha value is -1.45. The molecule has 0 spiro atoms. The van der Waals surface area contributed by atoms with Crippen LogP contribution < -0.4 is 5.32 Å². The van der Waals surface area contributed by atoms with E-state index in [-0.39, 0.29) is 11.3 Å². The predicted molar refractivity (Wildman–Crippen MR) is 53.9 cm³/mol. The number of nitrogens with one attached hydrogen (secondary N) is 1. The minimum Gasteiger partial charge on any atom is -0.351 e. The van der Waals surface area contributed by atoms with E-state index in [0.717, 1.165) is 12.8 Å². The van der Waals surface area contributed by atoms with Crippen molar-refractivity contribution in [2.45, 2.75) is 19.8 Å². The zero-order valence-electron chi connectivity index (χ0n) is 8.59. The summed E-state index contributed by atoms with van der Waals surface area (Å²) in [6.45, 7) is 2.82. The summed E-state index contributed by atoms with van der Waals surface area (Å²) in [4.78, 5) is 15.0. The maximum atomic E-state index is 12.5. The van der Waals surface area contributed by atoms with Gasteiger partial charge in [-0.15, -0.1) is 0 Å². The minimum absolute atomic E-state index is 0.185. The smallest absolute Gasteiger partial charge is 0.252 e. The summed E-state index contributed by atoms with van der Waals surface area (Å²) in [6, 6.07) is 2.63. The van der Waals surface area contributed by atoms with Crippen LogP contribution in [0.5, 0.6) is 0 Å². The van der Waals surface area contributed by atoms with Crippen molar-refractivity contribution in [1.82, 2.24) is 10.3 Å². The molecule has 2 rings (SSSR count). The lowest BCUT2D eigenvalue weighted by Gasteiger charge is -2.09. The maximum absolute atomic E-state index is 12.5. The predicted octanol–water partition coefficient (Wildman–Crippen LogP) is 1.75. The molecule has 80 valence electrons. The first-order valence-corrected chi connectivity index (χ1v) is 4.99. The highest BCUT2D eigenvalue weighted by Crippen LogP contribution is 2.44. The van der Waals surface area contributed by atoms with E-state index in [2.05, 4.69) is 17.2 Å². The SMILES string of the molecule is CC1(CNC(=O)c2ccc(F)nc2)CC1. The summed E-state index contributed by atoms with van der Waals surface area (Å²) < 4.78 is 12.5. The second kappa shape index (κ2) is 3.61. The van der Waals surface area contributed by atoms with Gasteiger partial charge in [0.2, 0.25) is 5.95 Å². The Morgan fingerprint density at radius 2 is 2.33 bits per heavy atom. The van der Waals surface area contributed by atoms with E-state index in [4.69, 9.17) is 0 Å². The highest BCUT2D eigenvalue weighted by Gasteiger charge is 2.37. The van der Waals surface area contributed by atoms with E-state index >= 15 is 0 Å². The van der Waals surface area contributed by atoms with Crippen LogP contribution in [-0.4, -0.2) is 17.4 Å². The molecule has 1 aliphatic rings. The second-order valence-electron chi connectivity index (χ2n) is 4.36. The van der Waals surface area contributed by atoms with Crippen molar-refractivity contribution in [3.8, 4) is 0 Å². The molecule has 1 heterocycles. The number of rotatable bonds is 3. The zero-order chi connectivity index (χ0) is 10.9. The van der Waals surface area contributed by atoms with Gasteiger partial charge >= 0.3 is 0 Å². The Labute approximate surface area is 87.7 Å². The fourth-order valence-corrected chi connectivity index (χ4v) is 1.30. The van der Waals surface area contributed by atoms with Crippen LogP contribution in [0, 0.1) is 11.4 Å². The number of nitrogens with zero attached hydrogens (tertiary/aromatic N) is 1. The largest absolute Gasteiger partial charge is 0.351 e. The third-order valence-corrected chi connectivity index (χ3v) is 2.77. The van der Waals surface area contributed by atoms with Crippen molar-refractivity contribution in [2.75, 3.05) is 6.54 Å². The van der Waals surface area contributed by atoms with Crippen LogP contribution in [0.4, 0.5) is 4.39 Å². The first-order valence-electron chi connectivity index (χ1n) is 4.99. The standard InChI is InChI=1S/C11H13FN2O/c1-11(4-5-11)7-14-10(15)8-2-3-9(12)13-6-8/h2-3,6H,4-5,7H2,1H3,(H,14,15). The van der Waals surface area contributed by atoms with Crippen LogP contribution in [0.3, 0.4) is 0 Å². The normalized spacial score (nSPS) is 17.2. The van der Waals surface area contributed by atoms with Gasteiger partial charge in [-0.3, -0.25) is 4.79 Å². The zero-order valence-corrected chi connectivity index (χ0v) is 8.59. The number of amides is 1. The van der Waals surface area contributed by atoms with Crippen LogP contribution in [0.2, 0.25) is 0 Å². The molecule has 0 saturated heterocycles. The van der Waals surface area contributed by atoms with E-state index in [1.807, 2.05) is 0 Å². The van der Waals surface area contributed by atoms with Crippen molar-refractivity contribution >= 4 is 5.91 Å². The lowest BCUT2D eigenvalue weighted by atomic mass is 10.1. The number of pyridine rings is 1. The average Bonchev–Trinajstić information content (AvgIpc) is 2.95. The van der Waals surface area contributed by atoms with Gasteiger partial charge in [0.25, 0.3) is 5.91 Å². The molecule has 1 N–H and O–H groups in total. The summed E-state index contributed by atoms with van der Waals surface area (Å²) >= 11 is 0. The Balaban J connectivity index is 1.92. The van der Waals surface area contributed by atoms with Crippen molar-refractivity contribution in [3.63, 3.8) is 0 Å². The fourth-order valence-electron chi connectivity index (χ4n) is 1.30. The molecule has 4 heteroatoms. The second-order valence-corrected chi connectivity index (χ2v) is 4.36. The van der Waals surface area contributed by atoms with Gasteiger partial charge in [0.15, 0.2) is 0 Å². The number of hydrogen-bond acceptors (Lipinski definition) is 2. The first kappa shape index (κ1) is 10.1. The molecular weight excluding hydrogens is 195 g/mol. The van der Waals surface area contributed by atoms with E-state index in [9.17, 15) is 9.18 Å². The molecule has 1 aromatic rings. The average molecular weight is 208 g/mol. The number of halogens is 1. The molecule has 1 fully saturated rings. The molecular formula is C11H13FN2O. The maximum Gasteiger partial charge on any atom is 0.252 e. The van der Waals surface area contributed by atoms with Crippen LogP contribution in [-0.2, 0) is 0 Å². The molecule has 3 nitrogen and oxygen atoms in total. The van der Waals surface area contributed by atoms with Gasteiger partial charge < -0.3 is 5.32 Å². The van der Waals surface area contributed by atoms with Gasteiger partial charge in [-0.25, -0.2) is 4.98 Å². The molecule has 0 atom stereocenters. The van der Waals surface area contributed by atoms with E-state index < -0.39 is 5.95 Å². The third kappa shape index (κ3) is 2.52. The van der Waals surface area contributed by atoms with Gasteiger partial charge in [0.1, 0.15) is 0 Å². The molecule has 0 aliphatic heterocycles. The molecule has 0 aromatic carbocycles. The summed E-state index contributed by atoms with van der Waals surface area (Å²) in [6.07, 6.45) is 3.57. The number of hydrogen-bond donors (Lipinski definition) is 1. The van der Waals surface area contributed by atoms with Gasteiger partial charge in [0, 0.05) is 12.7 Å². The van der Waals surface area contributed by atoms with E-state index in [1.54, 1.807) is 0 Å². The highest BCUT2D eigenvalue weighted by molar-refractivity contribution is 5.93. The van der Waals surface area contributed by atoms with Crippen LogP contribution >= 0.6 is 0 Å².